The van der Waals surface area contributed by atoms with Crippen molar-refractivity contribution in [3.63, 3.8) is 0 Å². The second-order valence-electron chi connectivity index (χ2n) is 7.67. The number of rotatable bonds is 8. The average molecular weight is 465 g/mol. The van der Waals surface area contributed by atoms with E-state index in [-0.39, 0.29) is 6.61 Å². The fourth-order valence-electron chi connectivity index (χ4n) is 3.67. The SMILES string of the molecule is COc1ccc(OCC(CN(C)C2=NCc3ccccc32)OC(=O)c2ccccc2Cl)cc1. The van der Waals surface area contributed by atoms with E-state index in [9.17, 15) is 4.79 Å². The monoisotopic (exact) mass is 464 g/mol. The third-order valence-corrected chi connectivity index (χ3v) is 5.69. The number of benzene rings is 3. The Morgan fingerprint density at radius 2 is 1.73 bits per heavy atom. The first-order valence-electron chi connectivity index (χ1n) is 10.6. The van der Waals surface area contributed by atoms with Gasteiger partial charge in [0.1, 0.15) is 23.9 Å². The minimum Gasteiger partial charge on any atom is -0.497 e. The van der Waals surface area contributed by atoms with Gasteiger partial charge >= 0.3 is 5.97 Å². The van der Waals surface area contributed by atoms with Crippen LogP contribution in [0.5, 0.6) is 11.5 Å². The maximum atomic E-state index is 12.8. The van der Waals surface area contributed by atoms with Crippen LogP contribution in [-0.2, 0) is 11.3 Å². The Labute approximate surface area is 198 Å². The van der Waals surface area contributed by atoms with Crippen molar-refractivity contribution < 1.29 is 19.0 Å². The van der Waals surface area contributed by atoms with Gasteiger partial charge in [-0.2, -0.15) is 0 Å². The minimum atomic E-state index is -0.559. The van der Waals surface area contributed by atoms with Gasteiger partial charge in [-0.3, -0.25) is 4.99 Å². The summed E-state index contributed by atoms with van der Waals surface area (Å²) < 4.78 is 17.0. The average Bonchev–Trinajstić information content (AvgIpc) is 3.27. The lowest BCUT2D eigenvalue weighted by Gasteiger charge is -2.26. The number of fused-ring (bicyclic) bond motifs is 1. The Morgan fingerprint density at radius 3 is 2.48 bits per heavy atom. The predicted molar refractivity (Wildman–Crippen MR) is 128 cm³/mol. The maximum Gasteiger partial charge on any atom is 0.340 e. The first-order valence-corrected chi connectivity index (χ1v) is 11.0. The van der Waals surface area contributed by atoms with Gasteiger partial charge in [-0.25, -0.2) is 4.79 Å². The van der Waals surface area contributed by atoms with E-state index >= 15 is 0 Å². The molecule has 170 valence electrons. The smallest absolute Gasteiger partial charge is 0.340 e. The lowest BCUT2D eigenvalue weighted by molar-refractivity contribution is 0.0130. The second kappa shape index (κ2) is 10.4. The van der Waals surface area contributed by atoms with Crippen molar-refractivity contribution in [3.8, 4) is 11.5 Å². The van der Waals surface area contributed by atoms with Gasteiger partial charge in [0.2, 0.25) is 0 Å². The molecule has 1 unspecified atom stereocenters. The van der Waals surface area contributed by atoms with E-state index in [0.29, 0.717) is 29.4 Å². The Bertz CT molecular complexity index is 1150. The van der Waals surface area contributed by atoms with Gasteiger partial charge in [-0.05, 0) is 42.0 Å². The van der Waals surface area contributed by atoms with E-state index in [0.717, 1.165) is 17.1 Å². The summed E-state index contributed by atoms with van der Waals surface area (Å²) in [6.45, 7) is 1.21. The Morgan fingerprint density at radius 1 is 1.03 bits per heavy atom. The van der Waals surface area contributed by atoms with Crippen LogP contribution in [0.4, 0.5) is 0 Å². The first kappa shape index (κ1) is 22.7. The zero-order chi connectivity index (χ0) is 23.2. The fourth-order valence-corrected chi connectivity index (χ4v) is 3.88. The third kappa shape index (κ3) is 5.46. The number of methoxy groups -OCH3 is 1. The molecule has 0 N–H and O–H groups in total. The Kier molecular flexibility index (Phi) is 7.15. The van der Waals surface area contributed by atoms with Gasteiger partial charge in [-0.15, -0.1) is 0 Å². The van der Waals surface area contributed by atoms with E-state index in [2.05, 4.69) is 17.1 Å². The van der Waals surface area contributed by atoms with E-state index in [1.165, 1.54) is 5.56 Å². The number of halogens is 1. The van der Waals surface area contributed by atoms with Crippen LogP contribution in [0.2, 0.25) is 5.02 Å². The van der Waals surface area contributed by atoms with Crippen LogP contribution >= 0.6 is 11.6 Å². The molecule has 7 heteroatoms. The molecule has 0 spiro atoms. The van der Waals surface area contributed by atoms with E-state index in [1.54, 1.807) is 31.4 Å². The predicted octanol–water partition coefficient (Wildman–Crippen LogP) is 4.85. The lowest BCUT2D eigenvalue weighted by Crippen LogP contribution is -2.39. The zero-order valence-corrected chi connectivity index (χ0v) is 19.3. The molecule has 6 nitrogen and oxygen atoms in total. The van der Waals surface area contributed by atoms with E-state index in [1.807, 2.05) is 48.3 Å². The highest BCUT2D eigenvalue weighted by molar-refractivity contribution is 6.33. The molecule has 33 heavy (non-hydrogen) atoms. The van der Waals surface area contributed by atoms with Crippen molar-refractivity contribution >= 4 is 23.4 Å². The molecule has 1 heterocycles. The lowest BCUT2D eigenvalue weighted by atomic mass is 10.1. The van der Waals surface area contributed by atoms with E-state index in [4.69, 9.17) is 25.8 Å². The zero-order valence-electron chi connectivity index (χ0n) is 18.5. The maximum absolute atomic E-state index is 12.8. The van der Waals surface area contributed by atoms with Crippen molar-refractivity contribution in [1.82, 2.24) is 4.90 Å². The molecule has 1 aliphatic heterocycles. The first-order chi connectivity index (χ1) is 16.0. The molecule has 0 amide bonds. The number of ether oxygens (including phenoxy) is 3. The summed E-state index contributed by atoms with van der Waals surface area (Å²) in [5, 5.41) is 0.347. The largest absolute Gasteiger partial charge is 0.497 e. The summed E-state index contributed by atoms with van der Waals surface area (Å²) in [7, 11) is 3.55. The number of esters is 1. The van der Waals surface area contributed by atoms with Crippen LogP contribution in [0.25, 0.3) is 0 Å². The number of carbonyl (C=O) groups excluding carboxylic acids is 1. The molecule has 0 aromatic heterocycles. The topological polar surface area (TPSA) is 60.4 Å². The molecule has 0 aliphatic carbocycles. The standard InChI is InChI=1S/C26H25ClN2O4/c1-29(25-22-8-4-3-7-18(22)15-28-25)16-21(17-32-20-13-11-19(31-2)12-14-20)33-26(30)23-9-5-6-10-24(23)27/h3-14,21H,15-17H2,1-2H3. The molecule has 0 saturated carbocycles. The van der Waals surface area contributed by atoms with Crippen LogP contribution in [-0.4, -0.2) is 50.1 Å². The van der Waals surface area contributed by atoms with Crippen LogP contribution < -0.4 is 9.47 Å². The molecule has 0 saturated heterocycles. The highest BCUT2D eigenvalue weighted by Crippen LogP contribution is 2.22. The molecular weight excluding hydrogens is 440 g/mol. The van der Waals surface area contributed by atoms with Gasteiger partial charge in [-0.1, -0.05) is 48.0 Å². The van der Waals surface area contributed by atoms with E-state index < -0.39 is 12.1 Å². The summed E-state index contributed by atoms with van der Waals surface area (Å²) in [5.74, 6) is 1.77. The van der Waals surface area contributed by atoms with Crippen molar-refractivity contribution in [2.24, 2.45) is 4.99 Å². The Balaban J connectivity index is 1.49. The molecule has 0 bridgehead atoms. The molecule has 4 rings (SSSR count). The van der Waals surface area contributed by atoms with Crippen molar-refractivity contribution in [1.29, 1.82) is 0 Å². The van der Waals surface area contributed by atoms with Gasteiger partial charge in [0, 0.05) is 12.6 Å². The van der Waals surface area contributed by atoms with Crippen molar-refractivity contribution in [2.75, 3.05) is 27.3 Å². The third-order valence-electron chi connectivity index (χ3n) is 5.36. The number of hydrogen-bond acceptors (Lipinski definition) is 6. The van der Waals surface area contributed by atoms with Gasteiger partial charge in [0.05, 0.1) is 30.8 Å². The molecular formula is C26H25ClN2O4. The number of nitrogens with zero attached hydrogens (tertiary/aromatic N) is 2. The van der Waals surface area contributed by atoms with Gasteiger partial charge < -0.3 is 19.1 Å². The number of likely N-dealkylation sites (N-methyl/N-ethyl adjacent to an activating group) is 1. The van der Waals surface area contributed by atoms with Crippen molar-refractivity contribution in [3.05, 3.63) is 94.5 Å². The highest BCUT2D eigenvalue weighted by Gasteiger charge is 2.25. The summed E-state index contributed by atoms with van der Waals surface area (Å²) >= 11 is 6.20. The number of amidine groups is 1. The van der Waals surface area contributed by atoms with Crippen LogP contribution in [0.15, 0.2) is 77.8 Å². The van der Waals surface area contributed by atoms with Crippen molar-refractivity contribution in [2.45, 2.75) is 12.6 Å². The molecule has 3 aromatic carbocycles. The number of hydrogen-bond donors (Lipinski definition) is 0. The summed E-state index contributed by atoms with van der Waals surface area (Å²) in [4.78, 5) is 19.5. The summed E-state index contributed by atoms with van der Waals surface area (Å²) in [6, 6.07) is 22.2. The van der Waals surface area contributed by atoms with Gasteiger partial charge in [0.25, 0.3) is 0 Å². The van der Waals surface area contributed by atoms with Gasteiger partial charge in [0.15, 0.2) is 6.10 Å². The molecule has 0 fully saturated rings. The molecule has 0 radical (unpaired) electrons. The summed E-state index contributed by atoms with van der Waals surface area (Å²) in [5.41, 5.74) is 2.59. The minimum absolute atomic E-state index is 0.168. The fraction of sp³-hybridized carbons (Fsp3) is 0.231. The van der Waals surface area contributed by atoms with Crippen LogP contribution in [0, 0.1) is 0 Å². The number of aliphatic imine (C=N–C) groups is 1. The van der Waals surface area contributed by atoms with Crippen LogP contribution in [0.1, 0.15) is 21.5 Å². The Hall–Kier alpha value is -3.51. The summed E-state index contributed by atoms with van der Waals surface area (Å²) in [6.07, 6.45) is -0.559. The highest BCUT2D eigenvalue weighted by atomic mass is 35.5. The molecule has 3 aromatic rings. The second-order valence-corrected chi connectivity index (χ2v) is 8.08. The molecule has 1 atom stereocenters. The van der Waals surface area contributed by atoms with Crippen LogP contribution in [0.3, 0.4) is 0 Å². The quantitative estimate of drug-likeness (QED) is 0.446. The molecule has 1 aliphatic rings. The normalized spacial score (nSPS) is 13.0. The number of carbonyl (C=O) groups is 1.